The maximum atomic E-state index is 12.0. The third-order valence-electron chi connectivity index (χ3n) is 2.66. The van der Waals surface area contributed by atoms with Crippen LogP contribution in [0.3, 0.4) is 0 Å². The fraction of sp³-hybridized carbons (Fsp3) is 0.167. The molecule has 0 radical (unpaired) electrons. The molecule has 1 atom stereocenters. The third kappa shape index (κ3) is 3.02. The van der Waals surface area contributed by atoms with E-state index in [9.17, 15) is 14.9 Å². The molecule has 2 rings (SSSR count). The molecule has 1 unspecified atom stereocenters. The molecule has 0 aliphatic heterocycles. The summed E-state index contributed by atoms with van der Waals surface area (Å²) < 4.78 is 1.49. The molecular formula is C12H11BrN4O3. The molecule has 0 fully saturated rings. The van der Waals surface area contributed by atoms with Crippen LogP contribution < -0.4 is 5.32 Å². The molecule has 0 bridgehead atoms. The molecule has 20 heavy (non-hydrogen) atoms. The van der Waals surface area contributed by atoms with Gasteiger partial charge in [0.15, 0.2) is 0 Å². The predicted molar refractivity (Wildman–Crippen MR) is 76.4 cm³/mol. The summed E-state index contributed by atoms with van der Waals surface area (Å²) in [6.45, 7) is 1.61. The van der Waals surface area contributed by atoms with E-state index in [1.807, 2.05) is 6.07 Å². The summed E-state index contributed by atoms with van der Waals surface area (Å²) in [5.74, 6) is -0.620. The van der Waals surface area contributed by atoms with Crippen LogP contribution in [-0.2, 0) is 4.79 Å². The van der Waals surface area contributed by atoms with Gasteiger partial charge in [0.2, 0.25) is 0 Å². The predicted octanol–water partition coefficient (Wildman–Crippen LogP) is 2.75. The van der Waals surface area contributed by atoms with E-state index in [0.29, 0.717) is 5.69 Å². The number of nitro groups is 1. The van der Waals surface area contributed by atoms with Crippen molar-refractivity contribution >= 4 is 33.3 Å². The highest BCUT2D eigenvalue weighted by Crippen LogP contribution is 2.24. The summed E-state index contributed by atoms with van der Waals surface area (Å²) in [5.41, 5.74) is 0.657. The molecule has 1 N–H and O–H groups in total. The highest BCUT2D eigenvalue weighted by atomic mass is 79.9. The Balaban J connectivity index is 2.15. The lowest BCUT2D eigenvalue weighted by Gasteiger charge is -2.09. The Kier molecular flexibility index (Phi) is 4.14. The highest BCUT2D eigenvalue weighted by molar-refractivity contribution is 9.10. The van der Waals surface area contributed by atoms with Crippen LogP contribution in [0.1, 0.15) is 13.0 Å². The summed E-state index contributed by atoms with van der Waals surface area (Å²) in [6, 6.07) is 8.29. The highest BCUT2D eigenvalue weighted by Gasteiger charge is 2.25. The minimum atomic E-state index is -0.666. The Hall–Kier alpha value is -2.22. The molecule has 8 heteroatoms. The number of carbonyl (C=O) groups is 1. The van der Waals surface area contributed by atoms with Crippen molar-refractivity contribution in [3.63, 3.8) is 0 Å². The summed E-state index contributed by atoms with van der Waals surface area (Å²) in [7, 11) is 0. The number of nitrogens with one attached hydrogen (secondary N) is 1. The summed E-state index contributed by atoms with van der Waals surface area (Å²) in [5, 5.41) is 17.2. The molecule has 2 aromatic rings. The van der Waals surface area contributed by atoms with Crippen LogP contribution in [0.15, 0.2) is 41.0 Å². The SMILES string of the molecule is CC(C(=O)Nc1ccccc1)n1cc(Br)c([N+](=O)[O-])n1. The van der Waals surface area contributed by atoms with Crippen molar-refractivity contribution < 1.29 is 9.72 Å². The zero-order valence-corrected chi connectivity index (χ0v) is 12.1. The number of nitrogens with zero attached hydrogens (tertiary/aromatic N) is 3. The Morgan fingerprint density at radius 2 is 2.10 bits per heavy atom. The standard InChI is InChI=1S/C12H11BrN4O3/c1-8(12(18)14-9-5-3-2-4-6-9)16-7-10(13)11(15-16)17(19)20/h2-8H,1H3,(H,14,18). The Labute approximate surface area is 122 Å². The molecule has 0 aliphatic rings. The summed E-state index contributed by atoms with van der Waals surface area (Å²) in [6.07, 6.45) is 1.41. The van der Waals surface area contributed by atoms with Gasteiger partial charge < -0.3 is 15.4 Å². The van der Waals surface area contributed by atoms with Gasteiger partial charge in [0, 0.05) is 5.69 Å². The van der Waals surface area contributed by atoms with Crippen LogP contribution in [0, 0.1) is 10.1 Å². The molecule has 7 nitrogen and oxygen atoms in total. The van der Waals surface area contributed by atoms with Gasteiger partial charge in [-0.1, -0.05) is 18.2 Å². The molecule has 104 valence electrons. The van der Waals surface area contributed by atoms with Crippen LogP contribution in [0.4, 0.5) is 11.5 Å². The van der Waals surface area contributed by atoms with E-state index in [1.54, 1.807) is 31.2 Å². The number of amides is 1. The Morgan fingerprint density at radius 3 is 2.65 bits per heavy atom. The lowest BCUT2D eigenvalue weighted by Crippen LogP contribution is -2.24. The lowest BCUT2D eigenvalue weighted by molar-refractivity contribution is -0.390. The average molecular weight is 339 g/mol. The van der Waals surface area contributed by atoms with Crippen LogP contribution >= 0.6 is 15.9 Å². The first kappa shape index (κ1) is 14.2. The number of rotatable bonds is 4. The lowest BCUT2D eigenvalue weighted by atomic mass is 10.3. The number of aromatic nitrogens is 2. The second kappa shape index (κ2) is 5.83. The normalized spacial score (nSPS) is 11.9. The average Bonchev–Trinajstić information content (AvgIpc) is 2.81. The van der Waals surface area contributed by atoms with Gasteiger partial charge in [-0.15, -0.1) is 0 Å². The van der Waals surface area contributed by atoms with Gasteiger partial charge in [-0.2, -0.15) is 4.68 Å². The third-order valence-corrected chi connectivity index (χ3v) is 3.22. The van der Waals surface area contributed by atoms with Crippen molar-refractivity contribution in [3.05, 3.63) is 51.1 Å². The number of halogens is 1. The molecule has 1 aromatic heterocycles. The van der Waals surface area contributed by atoms with Gasteiger partial charge in [-0.25, -0.2) is 0 Å². The van der Waals surface area contributed by atoms with Crippen LogP contribution in [0.2, 0.25) is 0 Å². The number of para-hydroxylation sites is 1. The number of carbonyl (C=O) groups excluding carboxylic acids is 1. The number of anilines is 1. The van der Waals surface area contributed by atoms with E-state index in [1.165, 1.54) is 10.9 Å². The minimum Gasteiger partial charge on any atom is -0.358 e. The van der Waals surface area contributed by atoms with E-state index in [4.69, 9.17) is 0 Å². The smallest absolute Gasteiger partial charge is 0.358 e. The second-order valence-corrected chi connectivity index (χ2v) is 4.92. The quantitative estimate of drug-likeness (QED) is 0.685. The fourth-order valence-corrected chi connectivity index (χ4v) is 2.00. The van der Waals surface area contributed by atoms with Crippen LogP contribution in [-0.4, -0.2) is 20.6 Å². The van der Waals surface area contributed by atoms with Gasteiger partial charge in [0.1, 0.15) is 10.5 Å². The molecule has 0 aliphatic carbocycles. The van der Waals surface area contributed by atoms with E-state index in [2.05, 4.69) is 26.3 Å². The first-order valence-corrected chi connectivity index (χ1v) is 6.53. The van der Waals surface area contributed by atoms with Crippen LogP contribution in [0.25, 0.3) is 0 Å². The molecule has 1 heterocycles. The maximum absolute atomic E-state index is 12.0. The minimum absolute atomic E-state index is 0.238. The summed E-state index contributed by atoms with van der Waals surface area (Å²) in [4.78, 5) is 22.2. The number of benzene rings is 1. The second-order valence-electron chi connectivity index (χ2n) is 4.07. The van der Waals surface area contributed by atoms with Gasteiger partial charge in [0.05, 0.1) is 11.3 Å². The first-order chi connectivity index (χ1) is 9.49. The van der Waals surface area contributed by atoms with Crippen molar-refractivity contribution in [3.8, 4) is 0 Å². The van der Waals surface area contributed by atoms with Crippen molar-refractivity contribution in [2.75, 3.05) is 5.32 Å². The van der Waals surface area contributed by atoms with E-state index >= 15 is 0 Å². The molecular weight excluding hydrogens is 328 g/mol. The maximum Gasteiger partial charge on any atom is 0.404 e. The van der Waals surface area contributed by atoms with Gasteiger partial charge in [-0.05, 0) is 39.9 Å². The molecule has 1 aromatic carbocycles. The largest absolute Gasteiger partial charge is 0.404 e. The van der Waals surface area contributed by atoms with Crippen molar-refractivity contribution in [2.45, 2.75) is 13.0 Å². The van der Waals surface area contributed by atoms with E-state index in [-0.39, 0.29) is 16.2 Å². The number of hydrogen-bond donors (Lipinski definition) is 1. The van der Waals surface area contributed by atoms with Gasteiger partial charge in [-0.3, -0.25) is 4.79 Å². The topological polar surface area (TPSA) is 90.1 Å². The molecule has 0 spiro atoms. The fourth-order valence-electron chi connectivity index (χ4n) is 1.57. The monoisotopic (exact) mass is 338 g/mol. The van der Waals surface area contributed by atoms with Crippen LogP contribution in [0.5, 0.6) is 0 Å². The Bertz CT molecular complexity index is 641. The van der Waals surface area contributed by atoms with Gasteiger partial charge >= 0.3 is 5.82 Å². The van der Waals surface area contributed by atoms with Crippen molar-refractivity contribution in [2.24, 2.45) is 0 Å². The van der Waals surface area contributed by atoms with Crippen molar-refractivity contribution in [1.82, 2.24) is 9.78 Å². The van der Waals surface area contributed by atoms with Gasteiger partial charge in [0.25, 0.3) is 5.91 Å². The van der Waals surface area contributed by atoms with Crippen molar-refractivity contribution in [1.29, 1.82) is 0 Å². The summed E-state index contributed by atoms with van der Waals surface area (Å²) >= 11 is 3.05. The van der Waals surface area contributed by atoms with E-state index in [0.717, 1.165) is 0 Å². The zero-order chi connectivity index (χ0) is 14.7. The molecule has 1 amide bonds. The molecule has 0 saturated carbocycles. The number of hydrogen-bond acceptors (Lipinski definition) is 4. The Morgan fingerprint density at radius 1 is 1.45 bits per heavy atom. The molecule has 0 saturated heterocycles. The zero-order valence-electron chi connectivity index (χ0n) is 10.5. The van der Waals surface area contributed by atoms with E-state index < -0.39 is 11.0 Å². The first-order valence-electron chi connectivity index (χ1n) is 5.74.